The maximum Gasteiger partial charge on any atom is 0.204 e. The Morgan fingerprint density at radius 1 is 0.531 bits per heavy atom. The van der Waals surface area contributed by atoms with Crippen LogP contribution < -0.4 is 9.47 Å². The maximum atomic E-state index is 14.4. The fourth-order valence-electron chi connectivity index (χ4n) is 6.78. The first-order valence-electron chi connectivity index (χ1n) is 13.4. The molecule has 32 heavy (non-hydrogen) atoms. The molecule has 4 heteroatoms. The van der Waals surface area contributed by atoms with E-state index in [1.807, 2.05) is 0 Å². The van der Waals surface area contributed by atoms with Crippen LogP contribution in [-0.2, 0) is 0 Å². The Morgan fingerprint density at radius 2 is 0.875 bits per heavy atom. The monoisotopic (exact) mass is 446 g/mol. The Labute approximate surface area is 192 Å². The molecule has 0 N–H and O–H groups in total. The van der Waals surface area contributed by atoms with Gasteiger partial charge in [-0.2, -0.15) is 8.78 Å². The van der Waals surface area contributed by atoms with Crippen LogP contribution in [0, 0.1) is 47.1 Å². The second kappa shape index (κ2) is 10.3. The van der Waals surface area contributed by atoms with E-state index in [-0.39, 0.29) is 11.5 Å². The van der Waals surface area contributed by atoms with Gasteiger partial charge in [0.15, 0.2) is 11.5 Å². The molecule has 0 aliphatic heterocycles. The van der Waals surface area contributed by atoms with Crippen LogP contribution in [0.5, 0.6) is 11.5 Å². The molecule has 0 radical (unpaired) electrons. The second-order valence-corrected chi connectivity index (χ2v) is 11.3. The van der Waals surface area contributed by atoms with Crippen molar-refractivity contribution in [3.8, 4) is 11.5 Å². The molecule has 0 amide bonds. The topological polar surface area (TPSA) is 18.5 Å². The van der Waals surface area contributed by atoms with Gasteiger partial charge in [-0.15, -0.1) is 0 Å². The molecule has 0 saturated heterocycles. The molecule has 0 bridgehead atoms. The standard InChI is InChI=1S/C28H40F2O2/c29-27-25(31-17-19-5-6-19)15-16-26(28(27)30)32-18-20-7-9-22(10-8-20)24-13-11-23(12-14-24)21-3-1-2-4-21/h15-16,19-24H,1-14,17-18H2. The Bertz CT molecular complexity index is 740. The van der Waals surface area contributed by atoms with E-state index in [4.69, 9.17) is 9.47 Å². The highest BCUT2D eigenvalue weighted by Crippen LogP contribution is 2.45. The molecule has 0 atom stereocenters. The highest BCUT2D eigenvalue weighted by atomic mass is 19.2. The molecule has 0 spiro atoms. The van der Waals surface area contributed by atoms with Gasteiger partial charge >= 0.3 is 0 Å². The Morgan fingerprint density at radius 3 is 1.28 bits per heavy atom. The van der Waals surface area contributed by atoms with Crippen LogP contribution in [0.1, 0.15) is 89.9 Å². The third-order valence-electron chi connectivity index (χ3n) is 9.10. The fraction of sp³-hybridized carbons (Fsp3) is 0.786. The number of hydrogen-bond donors (Lipinski definition) is 0. The number of ether oxygens (including phenoxy) is 2. The fourth-order valence-corrected chi connectivity index (χ4v) is 6.78. The first-order chi connectivity index (χ1) is 15.7. The Hall–Kier alpha value is -1.32. The average Bonchev–Trinajstić information content (AvgIpc) is 3.50. The summed E-state index contributed by atoms with van der Waals surface area (Å²) in [5.74, 6) is 2.99. The predicted molar refractivity (Wildman–Crippen MR) is 123 cm³/mol. The van der Waals surface area contributed by atoms with Gasteiger partial charge in [-0.1, -0.05) is 25.7 Å². The van der Waals surface area contributed by atoms with Crippen molar-refractivity contribution in [3.05, 3.63) is 23.8 Å². The molecule has 0 aromatic heterocycles. The van der Waals surface area contributed by atoms with Crippen LogP contribution in [0.15, 0.2) is 12.1 Å². The summed E-state index contributed by atoms with van der Waals surface area (Å²) in [6, 6.07) is 3.03. The molecule has 1 aromatic rings. The molecule has 4 aliphatic carbocycles. The largest absolute Gasteiger partial charge is 0.490 e. The van der Waals surface area contributed by atoms with Gasteiger partial charge in [0, 0.05) is 0 Å². The molecule has 0 heterocycles. The van der Waals surface area contributed by atoms with E-state index in [0.717, 1.165) is 49.4 Å². The average molecular weight is 447 g/mol. The third kappa shape index (κ3) is 5.42. The molecule has 4 saturated carbocycles. The molecule has 0 unspecified atom stereocenters. The van der Waals surface area contributed by atoms with Crippen LogP contribution in [0.25, 0.3) is 0 Å². The summed E-state index contributed by atoms with van der Waals surface area (Å²) in [6.45, 7) is 0.960. The molecular weight excluding hydrogens is 406 g/mol. The summed E-state index contributed by atoms with van der Waals surface area (Å²) in [4.78, 5) is 0. The van der Waals surface area contributed by atoms with E-state index in [1.165, 1.54) is 76.3 Å². The highest BCUT2D eigenvalue weighted by molar-refractivity contribution is 5.35. The van der Waals surface area contributed by atoms with E-state index in [0.29, 0.717) is 25.0 Å². The first kappa shape index (κ1) is 22.5. The smallest absolute Gasteiger partial charge is 0.204 e. The lowest BCUT2D eigenvalue weighted by atomic mass is 9.67. The van der Waals surface area contributed by atoms with Crippen LogP contribution in [0.4, 0.5) is 8.78 Å². The Kier molecular flexibility index (Phi) is 7.23. The molecule has 4 aliphatic rings. The summed E-state index contributed by atoms with van der Waals surface area (Å²) < 4.78 is 39.9. The van der Waals surface area contributed by atoms with Crippen molar-refractivity contribution in [1.29, 1.82) is 0 Å². The van der Waals surface area contributed by atoms with Crippen molar-refractivity contribution in [1.82, 2.24) is 0 Å². The first-order valence-corrected chi connectivity index (χ1v) is 13.4. The molecular formula is C28H40F2O2. The van der Waals surface area contributed by atoms with Crippen molar-refractivity contribution >= 4 is 0 Å². The van der Waals surface area contributed by atoms with Gasteiger partial charge in [0.1, 0.15) is 0 Å². The second-order valence-electron chi connectivity index (χ2n) is 11.3. The number of benzene rings is 1. The predicted octanol–water partition coefficient (Wildman–Crippen LogP) is 7.94. The van der Waals surface area contributed by atoms with E-state index in [2.05, 4.69) is 0 Å². The number of halogens is 2. The molecule has 5 rings (SSSR count). The number of rotatable bonds is 8. The summed E-state index contributed by atoms with van der Waals surface area (Å²) in [7, 11) is 0. The summed E-state index contributed by atoms with van der Waals surface area (Å²) >= 11 is 0. The van der Waals surface area contributed by atoms with E-state index in [1.54, 1.807) is 0 Å². The van der Waals surface area contributed by atoms with E-state index >= 15 is 0 Å². The lowest BCUT2D eigenvalue weighted by Gasteiger charge is -2.39. The SMILES string of the molecule is Fc1c(OCC2CC2)ccc(OCC2CCC(C3CCC(C4CCCC4)CC3)CC2)c1F. The molecule has 2 nitrogen and oxygen atoms in total. The van der Waals surface area contributed by atoms with Crippen LogP contribution in [0.3, 0.4) is 0 Å². The molecule has 4 fully saturated rings. The van der Waals surface area contributed by atoms with Crippen LogP contribution in [-0.4, -0.2) is 13.2 Å². The minimum Gasteiger partial charge on any atom is -0.490 e. The summed E-state index contributed by atoms with van der Waals surface area (Å²) in [5, 5.41) is 0. The lowest BCUT2D eigenvalue weighted by molar-refractivity contribution is 0.110. The van der Waals surface area contributed by atoms with Crippen molar-refractivity contribution in [3.63, 3.8) is 0 Å². The quantitative estimate of drug-likeness (QED) is 0.403. The summed E-state index contributed by atoms with van der Waals surface area (Å²) in [6.07, 6.45) is 18.8. The molecule has 1 aromatic carbocycles. The van der Waals surface area contributed by atoms with Gasteiger partial charge in [-0.3, -0.25) is 0 Å². The zero-order valence-electron chi connectivity index (χ0n) is 19.5. The van der Waals surface area contributed by atoms with Gasteiger partial charge in [0.25, 0.3) is 0 Å². The van der Waals surface area contributed by atoms with E-state index < -0.39 is 11.6 Å². The lowest BCUT2D eigenvalue weighted by Crippen LogP contribution is -2.29. The highest BCUT2D eigenvalue weighted by Gasteiger charge is 2.34. The van der Waals surface area contributed by atoms with Crippen LogP contribution in [0.2, 0.25) is 0 Å². The molecule has 178 valence electrons. The Balaban J connectivity index is 1.04. The van der Waals surface area contributed by atoms with Crippen LogP contribution >= 0.6 is 0 Å². The zero-order chi connectivity index (χ0) is 21.9. The van der Waals surface area contributed by atoms with Gasteiger partial charge in [-0.25, -0.2) is 0 Å². The minimum atomic E-state index is -0.917. The minimum absolute atomic E-state index is 0.00455. The van der Waals surface area contributed by atoms with E-state index in [9.17, 15) is 8.78 Å². The summed E-state index contributed by atoms with van der Waals surface area (Å²) in [5.41, 5.74) is 0. The zero-order valence-corrected chi connectivity index (χ0v) is 19.5. The normalized spacial score (nSPS) is 31.6. The maximum absolute atomic E-state index is 14.4. The van der Waals surface area contributed by atoms with Crippen molar-refractivity contribution in [2.24, 2.45) is 35.5 Å². The van der Waals surface area contributed by atoms with Crippen molar-refractivity contribution < 1.29 is 18.3 Å². The van der Waals surface area contributed by atoms with Gasteiger partial charge in [0.2, 0.25) is 11.6 Å². The van der Waals surface area contributed by atoms with Crippen molar-refractivity contribution in [2.75, 3.05) is 13.2 Å². The van der Waals surface area contributed by atoms with Gasteiger partial charge < -0.3 is 9.47 Å². The van der Waals surface area contributed by atoms with Gasteiger partial charge in [0.05, 0.1) is 13.2 Å². The van der Waals surface area contributed by atoms with Crippen molar-refractivity contribution in [2.45, 2.75) is 89.9 Å². The third-order valence-corrected chi connectivity index (χ3v) is 9.10. The number of hydrogen-bond acceptors (Lipinski definition) is 2. The van der Waals surface area contributed by atoms with Gasteiger partial charge in [-0.05, 0) is 112 Å².